The Bertz CT molecular complexity index is 603. The van der Waals surface area contributed by atoms with Crippen LogP contribution in [-0.4, -0.2) is 24.6 Å². The van der Waals surface area contributed by atoms with Crippen molar-refractivity contribution >= 4 is 11.9 Å². The van der Waals surface area contributed by atoms with Crippen LogP contribution in [0.5, 0.6) is 0 Å². The SMILES string of the molecule is CCCCCCCCCCCCCCCCCC(=O)OC(C)C.CCCCCCCCCCCCCCCCCC(=O)OCCCC. The standard InChI is InChI=1S/C22H44O2.C21H42O2/c1-3-5-7-8-9-10-11-12-13-14-15-16-17-18-19-20-22(23)24-21-6-4-2;1-4-5-6-7-8-9-10-11-12-13-14-15-16-17-18-19-21(22)23-20(2)3/h3-21H2,1-2H3;20H,4-19H2,1-3H3. The van der Waals surface area contributed by atoms with Gasteiger partial charge in [0.15, 0.2) is 0 Å². The molecule has 0 atom stereocenters. The maximum atomic E-state index is 11.4. The lowest BCUT2D eigenvalue weighted by molar-refractivity contribution is -0.147. The Morgan fingerprint density at radius 1 is 0.362 bits per heavy atom. The van der Waals surface area contributed by atoms with Gasteiger partial charge in [0.25, 0.3) is 0 Å². The Balaban J connectivity index is 0. The second-order valence-electron chi connectivity index (χ2n) is 14.5. The van der Waals surface area contributed by atoms with E-state index in [0.29, 0.717) is 19.4 Å². The van der Waals surface area contributed by atoms with Crippen molar-refractivity contribution < 1.29 is 19.1 Å². The van der Waals surface area contributed by atoms with Gasteiger partial charge in [0.1, 0.15) is 0 Å². The van der Waals surface area contributed by atoms with E-state index < -0.39 is 0 Å². The number of carbonyl (C=O) groups is 2. The number of carbonyl (C=O) groups excluding carboxylic acids is 2. The van der Waals surface area contributed by atoms with Gasteiger partial charge in [0.2, 0.25) is 0 Å². The monoisotopic (exact) mass is 667 g/mol. The molecule has 0 unspecified atom stereocenters. The number of rotatable bonds is 36. The molecular weight excluding hydrogens is 580 g/mol. The minimum atomic E-state index is -0.0327. The third-order valence-electron chi connectivity index (χ3n) is 9.10. The van der Waals surface area contributed by atoms with E-state index in [-0.39, 0.29) is 18.0 Å². The lowest BCUT2D eigenvalue weighted by Gasteiger charge is -2.07. The van der Waals surface area contributed by atoms with Crippen LogP contribution in [-0.2, 0) is 19.1 Å². The maximum Gasteiger partial charge on any atom is 0.306 e. The molecule has 4 nitrogen and oxygen atoms in total. The molecule has 0 aromatic rings. The average Bonchev–Trinajstić information content (AvgIpc) is 3.05. The molecule has 0 aliphatic rings. The first-order valence-electron chi connectivity index (χ1n) is 21.3. The van der Waals surface area contributed by atoms with Crippen molar-refractivity contribution in [3.8, 4) is 0 Å². The first-order chi connectivity index (χ1) is 23.0. The Kier molecular flexibility index (Phi) is 43.9. The maximum absolute atomic E-state index is 11.4. The summed E-state index contributed by atoms with van der Waals surface area (Å²) in [5, 5.41) is 0. The highest BCUT2D eigenvalue weighted by Crippen LogP contribution is 2.15. The summed E-state index contributed by atoms with van der Waals surface area (Å²) in [5.41, 5.74) is 0. The van der Waals surface area contributed by atoms with Crippen molar-refractivity contribution in [1.82, 2.24) is 0 Å². The summed E-state index contributed by atoms with van der Waals surface area (Å²) in [6.07, 6.45) is 44.0. The predicted octanol–water partition coefficient (Wildman–Crippen LogP) is 14.8. The van der Waals surface area contributed by atoms with Gasteiger partial charge >= 0.3 is 11.9 Å². The Morgan fingerprint density at radius 2 is 0.617 bits per heavy atom. The number of unbranched alkanes of at least 4 members (excludes halogenated alkanes) is 29. The number of ether oxygens (including phenoxy) is 2. The number of esters is 2. The van der Waals surface area contributed by atoms with Gasteiger partial charge in [-0.3, -0.25) is 9.59 Å². The van der Waals surface area contributed by atoms with Crippen LogP contribution in [0.2, 0.25) is 0 Å². The fourth-order valence-electron chi connectivity index (χ4n) is 6.01. The summed E-state index contributed by atoms with van der Waals surface area (Å²) < 4.78 is 10.3. The molecule has 0 N–H and O–H groups in total. The lowest BCUT2D eigenvalue weighted by Crippen LogP contribution is -2.10. The van der Waals surface area contributed by atoms with Gasteiger partial charge in [-0.1, -0.05) is 207 Å². The van der Waals surface area contributed by atoms with E-state index in [0.717, 1.165) is 25.7 Å². The zero-order valence-corrected chi connectivity index (χ0v) is 33.0. The topological polar surface area (TPSA) is 52.6 Å². The van der Waals surface area contributed by atoms with Crippen LogP contribution in [0, 0.1) is 0 Å². The van der Waals surface area contributed by atoms with Crippen molar-refractivity contribution in [1.29, 1.82) is 0 Å². The molecule has 0 aliphatic carbocycles. The summed E-state index contributed by atoms with van der Waals surface area (Å²) >= 11 is 0. The van der Waals surface area contributed by atoms with Crippen LogP contribution in [0.3, 0.4) is 0 Å². The fraction of sp³-hybridized carbons (Fsp3) is 0.953. The second-order valence-corrected chi connectivity index (χ2v) is 14.5. The van der Waals surface area contributed by atoms with Gasteiger partial charge < -0.3 is 9.47 Å². The molecule has 0 heterocycles. The molecule has 0 spiro atoms. The molecule has 4 heteroatoms. The van der Waals surface area contributed by atoms with Gasteiger partial charge in [-0.05, 0) is 33.1 Å². The molecule has 0 fully saturated rings. The summed E-state index contributed by atoms with van der Waals surface area (Å²) in [7, 11) is 0. The first kappa shape index (κ1) is 48.1. The molecule has 0 bridgehead atoms. The van der Waals surface area contributed by atoms with Gasteiger partial charge in [-0.25, -0.2) is 0 Å². The molecule has 0 amide bonds. The van der Waals surface area contributed by atoms with E-state index >= 15 is 0 Å². The van der Waals surface area contributed by atoms with E-state index in [1.165, 1.54) is 180 Å². The molecule has 0 aromatic heterocycles. The van der Waals surface area contributed by atoms with Crippen molar-refractivity contribution in [2.24, 2.45) is 0 Å². The van der Waals surface area contributed by atoms with Crippen LogP contribution in [0.15, 0.2) is 0 Å². The van der Waals surface area contributed by atoms with Crippen LogP contribution >= 0.6 is 0 Å². The summed E-state index contributed by atoms with van der Waals surface area (Å²) in [5.74, 6) is -0.0344. The van der Waals surface area contributed by atoms with E-state index in [1.54, 1.807) is 0 Å². The Hall–Kier alpha value is -1.06. The van der Waals surface area contributed by atoms with Crippen molar-refractivity contribution in [3.05, 3.63) is 0 Å². The molecule has 0 rings (SSSR count). The normalized spacial score (nSPS) is 11.0. The quantitative estimate of drug-likeness (QED) is 0.0493. The zero-order valence-electron chi connectivity index (χ0n) is 33.0. The van der Waals surface area contributed by atoms with Gasteiger partial charge in [0, 0.05) is 12.8 Å². The highest BCUT2D eigenvalue weighted by molar-refractivity contribution is 5.69. The third kappa shape index (κ3) is 47.1. The van der Waals surface area contributed by atoms with E-state index in [9.17, 15) is 9.59 Å². The molecule has 0 saturated heterocycles. The summed E-state index contributed by atoms with van der Waals surface area (Å²) in [6.45, 7) is 11.1. The fourth-order valence-corrected chi connectivity index (χ4v) is 6.01. The first-order valence-corrected chi connectivity index (χ1v) is 21.3. The number of hydrogen-bond acceptors (Lipinski definition) is 4. The van der Waals surface area contributed by atoms with Crippen molar-refractivity contribution in [2.75, 3.05) is 6.61 Å². The summed E-state index contributed by atoms with van der Waals surface area (Å²) in [6, 6.07) is 0. The third-order valence-corrected chi connectivity index (χ3v) is 9.10. The highest BCUT2D eigenvalue weighted by Gasteiger charge is 2.05. The molecule has 282 valence electrons. The zero-order chi connectivity index (χ0) is 34.9. The van der Waals surface area contributed by atoms with E-state index in [4.69, 9.17) is 9.47 Å². The minimum absolute atomic E-state index is 0.00172. The predicted molar refractivity (Wildman–Crippen MR) is 206 cm³/mol. The van der Waals surface area contributed by atoms with Crippen LogP contribution in [0.1, 0.15) is 253 Å². The van der Waals surface area contributed by atoms with Crippen LogP contribution in [0.4, 0.5) is 0 Å². The summed E-state index contributed by atoms with van der Waals surface area (Å²) in [4.78, 5) is 22.8. The smallest absolute Gasteiger partial charge is 0.306 e. The molecule has 0 radical (unpaired) electrons. The van der Waals surface area contributed by atoms with E-state index in [1.807, 2.05) is 13.8 Å². The van der Waals surface area contributed by atoms with Crippen LogP contribution in [0.25, 0.3) is 0 Å². The largest absolute Gasteiger partial charge is 0.466 e. The Morgan fingerprint density at radius 3 is 0.894 bits per heavy atom. The highest BCUT2D eigenvalue weighted by atomic mass is 16.5. The van der Waals surface area contributed by atoms with Gasteiger partial charge in [-0.15, -0.1) is 0 Å². The Labute approximate surface area is 296 Å². The average molecular weight is 667 g/mol. The second kappa shape index (κ2) is 43.0. The molecule has 0 saturated carbocycles. The van der Waals surface area contributed by atoms with Crippen molar-refractivity contribution in [2.45, 2.75) is 259 Å². The lowest BCUT2D eigenvalue weighted by atomic mass is 10.0. The number of hydrogen-bond donors (Lipinski definition) is 0. The molecule has 0 aromatic carbocycles. The van der Waals surface area contributed by atoms with E-state index in [2.05, 4.69) is 20.8 Å². The molecule has 47 heavy (non-hydrogen) atoms. The minimum Gasteiger partial charge on any atom is -0.466 e. The van der Waals surface area contributed by atoms with Crippen LogP contribution < -0.4 is 0 Å². The van der Waals surface area contributed by atoms with Gasteiger partial charge in [-0.2, -0.15) is 0 Å². The molecular formula is C43H86O4. The molecule has 0 aliphatic heterocycles. The van der Waals surface area contributed by atoms with Crippen molar-refractivity contribution in [3.63, 3.8) is 0 Å². The van der Waals surface area contributed by atoms with Gasteiger partial charge in [0.05, 0.1) is 12.7 Å².